The van der Waals surface area contributed by atoms with E-state index >= 15 is 4.39 Å². The van der Waals surface area contributed by atoms with Gasteiger partial charge >= 0.3 is 6.18 Å². The predicted octanol–water partition coefficient (Wildman–Crippen LogP) is 6.38. The quantitative estimate of drug-likeness (QED) is 0.270. The van der Waals surface area contributed by atoms with Crippen molar-refractivity contribution in [2.45, 2.75) is 19.6 Å². The molecule has 0 fully saturated rings. The van der Waals surface area contributed by atoms with Crippen LogP contribution in [0, 0.1) is 11.6 Å². The van der Waals surface area contributed by atoms with Crippen LogP contribution in [-0.2, 0) is 12.7 Å². The Kier molecular flexibility index (Phi) is 7.63. The summed E-state index contributed by atoms with van der Waals surface area (Å²) in [5.41, 5.74) is 0.0227. The normalized spacial score (nSPS) is 14.7. The van der Waals surface area contributed by atoms with Gasteiger partial charge in [-0.3, -0.25) is 9.69 Å². The number of alkyl halides is 3. The van der Waals surface area contributed by atoms with Crippen LogP contribution in [0.2, 0.25) is 0 Å². The molecule has 0 unspecified atom stereocenters. The highest BCUT2D eigenvalue weighted by Crippen LogP contribution is 2.36. The van der Waals surface area contributed by atoms with Crippen LogP contribution in [-0.4, -0.2) is 42.5 Å². The van der Waals surface area contributed by atoms with E-state index in [-0.39, 0.29) is 36.9 Å². The van der Waals surface area contributed by atoms with E-state index in [2.05, 4.69) is 0 Å². The van der Waals surface area contributed by atoms with Crippen LogP contribution >= 0.6 is 0 Å². The molecular weight excluding hydrogens is 491 g/mol. The topological polar surface area (TPSA) is 32.8 Å². The minimum Gasteiger partial charge on any atom is -0.494 e. The van der Waals surface area contributed by atoms with Crippen LogP contribution < -0.4 is 4.74 Å². The van der Waals surface area contributed by atoms with Crippen LogP contribution in [0.1, 0.15) is 34.0 Å². The number of methoxy groups -OCH3 is 1. The van der Waals surface area contributed by atoms with Crippen molar-refractivity contribution in [3.63, 3.8) is 0 Å². The number of Topliss-reactive ketones (excluding diaryl/α,β-unsaturated/α-hetero) is 1. The van der Waals surface area contributed by atoms with Crippen molar-refractivity contribution in [1.29, 1.82) is 0 Å². The summed E-state index contributed by atoms with van der Waals surface area (Å²) in [4.78, 5) is 16.2. The Bertz CT molecular complexity index is 1320. The van der Waals surface area contributed by atoms with Crippen molar-refractivity contribution in [3.05, 3.63) is 106 Å². The number of hydrogen-bond donors (Lipinski definition) is 0. The summed E-state index contributed by atoms with van der Waals surface area (Å²) >= 11 is 0. The second-order valence-corrected chi connectivity index (χ2v) is 8.77. The highest BCUT2D eigenvalue weighted by Gasteiger charge is 2.36. The number of allylic oxidation sites excluding steroid dienone is 1. The number of ketones is 1. The minimum atomic E-state index is -4.75. The first-order valence-corrected chi connectivity index (χ1v) is 11.5. The number of nitrogens with zero attached hydrogens (tertiary/aromatic N) is 2. The molecule has 194 valence electrons. The van der Waals surface area contributed by atoms with E-state index in [1.54, 1.807) is 54.3 Å². The van der Waals surface area contributed by atoms with Gasteiger partial charge in [-0.1, -0.05) is 48.5 Å². The molecule has 0 aliphatic carbocycles. The number of carbonyl (C=O) groups excluding carboxylic acids is 1. The lowest BCUT2D eigenvalue weighted by molar-refractivity contribution is -0.138. The molecule has 4 nitrogen and oxygen atoms in total. The summed E-state index contributed by atoms with van der Waals surface area (Å²) < 4.78 is 76.1. The van der Waals surface area contributed by atoms with Crippen molar-refractivity contribution in [2.75, 3.05) is 26.9 Å². The average molecular weight is 517 g/mol. The first kappa shape index (κ1) is 26.3. The van der Waals surface area contributed by atoms with Gasteiger partial charge in [0.05, 0.1) is 25.9 Å². The van der Waals surface area contributed by atoms with Crippen molar-refractivity contribution < 1.29 is 31.5 Å². The van der Waals surface area contributed by atoms with Crippen molar-refractivity contribution in [2.24, 2.45) is 0 Å². The van der Waals surface area contributed by atoms with Gasteiger partial charge in [0.1, 0.15) is 5.82 Å². The summed E-state index contributed by atoms with van der Waals surface area (Å²) in [7, 11) is 1.33. The largest absolute Gasteiger partial charge is 0.494 e. The van der Waals surface area contributed by atoms with Gasteiger partial charge in [-0.05, 0) is 30.7 Å². The number of benzene rings is 3. The van der Waals surface area contributed by atoms with Gasteiger partial charge in [0.15, 0.2) is 17.3 Å². The monoisotopic (exact) mass is 516 g/mol. The third kappa shape index (κ3) is 5.67. The smallest absolute Gasteiger partial charge is 0.416 e. The first-order valence-electron chi connectivity index (χ1n) is 11.5. The molecule has 0 saturated heterocycles. The highest BCUT2D eigenvalue weighted by molar-refractivity contribution is 5.97. The van der Waals surface area contributed by atoms with Crippen LogP contribution in [0.4, 0.5) is 22.0 Å². The van der Waals surface area contributed by atoms with Crippen LogP contribution in [0.25, 0.3) is 5.57 Å². The Hall–Kier alpha value is -3.72. The van der Waals surface area contributed by atoms with Crippen molar-refractivity contribution in [1.82, 2.24) is 9.80 Å². The fourth-order valence-corrected chi connectivity index (χ4v) is 4.48. The fourth-order valence-electron chi connectivity index (χ4n) is 4.48. The molecule has 1 aliphatic heterocycles. The summed E-state index contributed by atoms with van der Waals surface area (Å²) in [6.07, 6.45) is -4.75. The molecule has 0 amide bonds. The Balaban J connectivity index is 1.75. The molecule has 0 saturated carbocycles. The zero-order chi connectivity index (χ0) is 26.7. The SMILES string of the molecule is COc1cccc(C2=C(C)N(Cc3c(F)cccc3C(F)(F)F)CN(CC(=O)c3ccccc3)C2)c1F. The van der Waals surface area contributed by atoms with Gasteiger partial charge in [-0.15, -0.1) is 0 Å². The Morgan fingerprint density at radius 3 is 2.35 bits per heavy atom. The lowest BCUT2D eigenvalue weighted by Gasteiger charge is -2.39. The van der Waals surface area contributed by atoms with E-state index < -0.39 is 35.5 Å². The summed E-state index contributed by atoms with van der Waals surface area (Å²) in [5.74, 6) is -1.81. The molecule has 0 spiro atoms. The van der Waals surface area contributed by atoms with Gasteiger partial charge in [-0.2, -0.15) is 13.2 Å². The minimum absolute atomic E-state index is 0.00953. The lowest BCUT2D eigenvalue weighted by Crippen LogP contribution is -2.45. The van der Waals surface area contributed by atoms with E-state index in [1.165, 1.54) is 18.1 Å². The molecule has 0 bridgehead atoms. The first-order chi connectivity index (χ1) is 17.6. The molecule has 9 heteroatoms. The molecule has 4 rings (SSSR count). The predicted molar refractivity (Wildman–Crippen MR) is 130 cm³/mol. The molecule has 3 aromatic rings. The number of carbonyl (C=O) groups is 1. The van der Waals surface area contributed by atoms with E-state index in [0.717, 1.165) is 18.2 Å². The van der Waals surface area contributed by atoms with E-state index in [9.17, 15) is 22.4 Å². The molecule has 1 aliphatic rings. The molecule has 3 aromatic carbocycles. The standard InChI is InChI=1S/C28H25F5N2O2/c1-18-21(20-10-6-13-26(37-2)27(20)30)14-34(16-25(36)19-8-4-3-5-9-19)17-35(18)15-22-23(28(31,32)33)11-7-12-24(22)29/h3-13H,14-17H2,1-2H3. The zero-order valence-electron chi connectivity index (χ0n) is 20.3. The van der Waals surface area contributed by atoms with E-state index in [4.69, 9.17) is 4.74 Å². The van der Waals surface area contributed by atoms with Gasteiger partial charge in [-0.25, -0.2) is 8.78 Å². The van der Waals surface area contributed by atoms with Gasteiger partial charge < -0.3 is 9.64 Å². The van der Waals surface area contributed by atoms with E-state index in [1.807, 2.05) is 0 Å². The molecule has 37 heavy (non-hydrogen) atoms. The second kappa shape index (κ2) is 10.7. The summed E-state index contributed by atoms with van der Waals surface area (Å²) in [6.45, 7) is 1.38. The van der Waals surface area contributed by atoms with Gasteiger partial charge in [0.25, 0.3) is 0 Å². The third-order valence-electron chi connectivity index (χ3n) is 6.41. The Labute approximate surface area is 211 Å². The summed E-state index contributed by atoms with van der Waals surface area (Å²) in [6, 6.07) is 16.0. The second-order valence-electron chi connectivity index (χ2n) is 8.77. The highest BCUT2D eigenvalue weighted by atomic mass is 19.4. The van der Waals surface area contributed by atoms with Crippen molar-refractivity contribution in [3.8, 4) is 5.75 Å². The number of rotatable bonds is 7. The maximum atomic E-state index is 15.3. The van der Waals surface area contributed by atoms with Crippen molar-refractivity contribution >= 4 is 11.4 Å². The fraction of sp³-hybridized carbons (Fsp3) is 0.250. The van der Waals surface area contributed by atoms with Crippen LogP contribution in [0.15, 0.2) is 72.4 Å². The molecule has 0 N–H and O–H groups in total. The maximum absolute atomic E-state index is 15.3. The number of halogens is 5. The van der Waals surface area contributed by atoms with E-state index in [0.29, 0.717) is 16.8 Å². The van der Waals surface area contributed by atoms with Gasteiger partial charge in [0, 0.05) is 35.5 Å². The van der Waals surface area contributed by atoms with Crippen LogP contribution in [0.3, 0.4) is 0 Å². The lowest BCUT2D eigenvalue weighted by atomic mass is 9.98. The Morgan fingerprint density at radius 1 is 0.973 bits per heavy atom. The average Bonchev–Trinajstić information content (AvgIpc) is 2.87. The number of hydrogen-bond acceptors (Lipinski definition) is 4. The molecule has 0 atom stereocenters. The molecule has 0 aromatic heterocycles. The van der Waals surface area contributed by atoms with Gasteiger partial charge in [0.2, 0.25) is 0 Å². The molecule has 1 heterocycles. The third-order valence-corrected chi connectivity index (χ3v) is 6.41. The molecular formula is C28H25F5N2O2. The Morgan fingerprint density at radius 2 is 1.68 bits per heavy atom. The zero-order valence-corrected chi connectivity index (χ0v) is 20.3. The van der Waals surface area contributed by atoms with Crippen LogP contribution in [0.5, 0.6) is 5.75 Å². The molecule has 0 radical (unpaired) electrons. The maximum Gasteiger partial charge on any atom is 0.416 e. The number of ether oxygens (including phenoxy) is 1. The summed E-state index contributed by atoms with van der Waals surface area (Å²) in [5, 5.41) is 0.